The molecule has 1 aromatic carbocycles. The molecule has 2 saturated heterocycles. The third kappa shape index (κ3) is 3.77. The van der Waals surface area contributed by atoms with Gasteiger partial charge in [0.15, 0.2) is 0 Å². The van der Waals surface area contributed by atoms with Crippen LogP contribution in [0.2, 0.25) is 0 Å². The minimum Gasteiger partial charge on any atom is -0.339 e. The van der Waals surface area contributed by atoms with Gasteiger partial charge in [0.2, 0.25) is 5.91 Å². The van der Waals surface area contributed by atoms with Crippen molar-refractivity contribution in [3.05, 3.63) is 23.8 Å². The number of amides is 2. The van der Waals surface area contributed by atoms with Crippen molar-refractivity contribution in [2.45, 2.75) is 31.7 Å². The number of halogens is 1. The lowest BCUT2D eigenvalue weighted by atomic mass is 9.83. The maximum atomic E-state index is 12.9. The van der Waals surface area contributed by atoms with E-state index in [9.17, 15) is 9.59 Å². The third-order valence-corrected chi connectivity index (χ3v) is 5.60. The van der Waals surface area contributed by atoms with Crippen molar-refractivity contribution in [1.29, 1.82) is 0 Å². The zero-order valence-corrected chi connectivity index (χ0v) is 16.0. The number of nitrogens with zero attached hydrogens (tertiary/aromatic N) is 4. The number of benzene rings is 1. The number of carbonyl (C=O) groups excluding carboxylic acids is 2. The van der Waals surface area contributed by atoms with Crippen molar-refractivity contribution in [2.24, 2.45) is 11.7 Å². The Balaban J connectivity index is 0.00000210. The fourth-order valence-electron chi connectivity index (χ4n) is 4.24. The van der Waals surface area contributed by atoms with Crippen LogP contribution < -0.4 is 5.73 Å². The lowest BCUT2D eigenvalue weighted by Crippen LogP contribution is -2.57. The zero-order chi connectivity index (χ0) is 18.1. The van der Waals surface area contributed by atoms with E-state index < -0.39 is 0 Å². The fourth-order valence-corrected chi connectivity index (χ4v) is 4.24. The van der Waals surface area contributed by atoms with Gasteiger partial charge in [-0.05, 0) is 49.9 Å². The smallest absolute Gasteiger partial charge is 0.253 e. The van der Waals surface area contributed by atoms with Crippen molar-refractivity contribution in [1.82, 2.24) is 25.2 Å². The molecule has 0 radical (unpaired) electrons. The van der Waals surface area contributed by atoms with Crippen LogP contribution in [-0.4, -0.2) is 69.2 Å². The quantitative estimate of drug-likeness (QED) is 0.812. The van der Waals surface area contributed by atoms with Gasteiger partial charge in [-0.2, -0.15) is 15.4 Å². The first-order chi connectivity index (χ1) is 12.7. The van der Waals surface area contributed by atoms with Crippen LogP contribution in [-0.2, 0) is 4.79 Å². The number of nitrogens with one attached hydrogen (secondary N) is 1. The van der Waals surface area contributed by atoms with Crippen molar-refractivity contribution < 1.29 is 9.59 Å². The van der Waals surface area contributed by atoms with Crippen molar-refractivity contribution in [2.75, 3.05) is 26.2 Å². The molecule has 0 bridgehead atoms. The molecule has 0 spiro atoms. The molecule has 3 heterocycles. The number of aromatic nitrogens is 3. The second kappa shape index (κ2) is 8.22. The molecule has 2 aromatic rings. The number of hydrogen-bond acceptors (Lipinski definition) is 5. The Morgan fingerprint density at radius 2 is 2.07 bits per heavy atom. The Labute approximate surface area is 163 Å². The molecule has 0 saturated carbocycles. The average Bonchev–Trinajstić information content (AvgIpc) is 3.14. The van der Waals surface area contributed by atoms with E-state index in [0.717, 1.165) is 31.3 Å². The van der Waals surface area contributed by atoms with Crippen LogP contribution in [0.1, 0.15) is 36.0 Å². The SMILES string of the molecule is Cl.NCCCN1C(=O)CC[C@H]2CN(C(=O)c3ccc4n[nH]nc4c3)CC[C@H]21. The van der Waals surface area contributed by atoms with Crippen molar-refractivity contribution >= 4 is 35.3 Å². The van der Waals surface area contributed by atoms with Gasteiger partial charge in [-0.1, -0.05) is 0 Å². The summed E-state index contributed by atoms with van der Waals surface area (Å²) < 4.78 is 0. The lowest BCUT2D eigenvalue weighted by Gasteiger charge is -2.47. The van der Waals surface area contributed by atoms with Crippen molar-refractivity contribution in [3.8, 4) is 0 Å². The molecular weight excluding hydrogens is 368 g/mol. The molecular formula is C18H25ClN6O2. The number of H-pyrrole nitrogens is 1. The van der Waals surface area contributed by atoms with Crippen LogP contribution in [0.25, 0.3) is 11.0 Å². The summed E-state index contributed by atoms with van der Waals surface area (Å²) in [5, 5.41) is 10.7. The first kappa shape index (κ1) is 19.6. The number of fused-ring (bicyclic) bond motifs is 2. The molecule has 8 nitrogen and oxygen atoms in total. The van der Waals surface area contributed by atoms with E-state index in [1.165, 1.54) is 0 Å². The molecule has 27 heavy (non-hydrogen) atoms. The molecule has 9 heteroatoms. The van der Waals surface area contributed by atoms with Crippen LogP contribution in [0.4, 0.5) is 0 Å². The minimum absolute atomic E-state index is 0. The Bertz CT molecular complexity index is 825. The first-order valence-electron chi connectivity index (χ1n) is 9.26. The molecule has 1 aromatic heterocycles. The van der Waals surface area contributed by atoms with Crippen LogP contribution in [0, 0.1) is 5.92 Å². The maximum Gasteiger partial charge on any atom is 0.253 e. The molecule has 2 amide bonds. The Morgan fingerprint density at radius 1 is 1.26 bits per heavy atom. The largest absolute Gasteiger partial charge is 0.339 e. The summed E-state index contributed by atoms with van der Waals surface area (Å²) >= 11 is 0. The standard InChI is InChI=1S/C18H24N6O2.ClH/c19-7-1-8-24-16-6-9-23(11-13(16)3-5-17(24)25)18(26)12-2-4-14-15(10-12)21-22-20-14;/h2,4,10,13,16H,1,3,5-9,11,19H2,(H,20,21,22);1H/t13-,16+;/m0./s1. The van der Waals surface area contributed by atoms with Gasteiger partial charge >= 0.3 is 0 Å². The molecule has 3 N–H and O–H groups in total. The van der Waals surface area contributed by atoms with E-state index in [1.54, 1.807) is 12.1 Å². The molecule has 2 fully saturated rings. The minimum atomic E-state index is 0. The summed E-state index contributed by atoms with van der Waals surface area (Å²) in [6.07, 6.45) is 3.08. The number of likely N-dealkylation sites (tertiary alicyclic amines) is 2. The predicted octanol–water partition coefficient (Wildman–Crippen LogP) is 1.18. The van der Waals surface area contributed by atoms with Crippen LogP contribution in [0.15, 0.2) is 18.2 Å². The zero-order valence-electron chi connectivity index (χ0n) is 15.1. The summed E-state index contributed by atoms with van der Waals surface area (Å²) in [6.45, 7) is 2.69. The molecule has 2 atom stereocenters. The normalized spacial score (nSPS) is 22.5. The Kier molecular flexibility index (Phi) is 5.96. The highest BCUT2D eigenvalue weighted by atomic mass is 35.5. The van der Waals surface area contributed by atoms with Gasteiger partial charge in [0.05, 0.1) is 0 Å². The monoisotopic (exact) mass is 392 g/mol. The predicted molar refractivity (Wildman–Crippen MR) is 104 cm³/mol. The van der Waals surface area contributed by atoms with Crippen LogP contribution in [0.3, 0.4) is 0 Å². The number of nitrogens with two attached hydrogens (primary N) is 1. The Morgan fingerprint density at radius 3 is 2.89 bits per heavy atom. The van der Waals surface area contributed by atoms with Gasteiger partial charge in [-0.25, -0.2) is 0 Å². The van der Waals surface area contributed by atoms with E-state index in [1.807, 2.05) is 15.9 Å². The van der Waals surface area contributed by atoms with Gasteiger partial charge in [-0.3, -0.25) is 9.59 Å². The summed E-state index contributed by atoms with van der Waals surface area (Å²) in [6, 6.07) is 5.64. The Hall–Kier alpha value is -2.19. The van der Waals surface area contributed by atoms with E-state index in [2.05, 4.69) is 15.4 Å². The van der Waals surface area contributed by atoms with E-state index in [4.69, 9.17) is 5.73 Å². The molecule has 4 rings (SSSR count). The summed E-state index contributed by atoms with van der Waals surface area (Å²) in [5.41, 5.74) is 7.70. The summed E-state index contributed by atoms with van der Waals surface area (Å²) in [4.78, 5) is 29.1. The number of rotatable bonds is 4. The summed E-state index contributed by atoms with van der Waals surface area (Å²) in [5.74, 6) is 0.605. The third-order valence-electron chi connectivity index (χ3n) is 5.60. The number of carbonyl (C=O) groups is 2. The van der Waals surface area contributed by atoms with Gasteiger partial charge in [0.1, 0.15) is 11.0 Å². The maximum absolute atomic E-state index is 12.9. The van der Waals surface area contributed by atoms with E-state index in [-0.39, 0.29) is 30.3 Å². The topological polar surface area (TPSA) is 108 Å². The van der Waals surface area contributed by atoms with E-state index in [0.29, 0.717) is 43.1 Å². The molecule has 0 aliphatic carbocycles. The second-order valence-electron chi connectivity index (χ2n) is 7.16. The fraction of sp³-hybridized carbons (Fsp3) is 0.556. The number of hydrogen-bond donors (Lipinski definition) is 2. The highest BCUT2D eigenvalue weighted by molar-refractivity contribution is 5.97. The van der Waals surface area contributed by atoms with E-state index >= 15 is 0 Å². The van der Waals surface area contributed by atoms with Gasteiger partial charge in [-0.15, -0.1) is 12.4 Å². The highest BCUT2D eigenvalue weighted by Gasteiger charge is 2.40. The van der Waals surface area contributed by atoms with Gasteiger partial charge < -0.3 is 15.5 Å². The highest BCUT2D eigenvalue weighted by Crippen LogP contribution is 2.32. The van der Waals surface area contributed by atoms with Crippen LogP contribution >= 0.6 is 12.4 Å². The molecule has 2 aliphatic rings. The molecule has 0 unspecified atom stereocenters. The van der Waals surface area contributed by atoms with Crippen LogP contribution in [0.5, 0.6) is 0 Å². The first-order valence-corrected chi connectivity index (χ1v) is 9.26. The van der Waals surface area contributed by atoms with Gasteiger partial charge in [0.25, 0.3) is 5.91 Å². The second-order valence-corrected chi connectivity index (χ2v) is 7.16. The molecule has 146 valence electrons. The van der Waals surface area contributed by atoms with Crippen molar-refractivity contribution in [3.63, 3.8) is 0 Å². The average molecular weight is 393 g/mol. The van der Waals surface area contributed by atoms with Gasteiger partial charge in [0, 0.05) is 37.7 Å². The lowest BCUT2D eigenvalue weighted by molar-refractivity contribution is -0.140. The summed E-state index contributed by atoms with van der Waals surface area (Å²) in [7, 11) is 0. The number of piperidine rings is 2. The number of aromatic amines is 1. The molecule has 2 aliphatic heterocycles.